The summed E-state index contributed by atoms with van der Waals surface area (Å²) in [6.45, 7) is 0. The summed E-state index contributed by atoms with van der Waals surface area (Å²) in [6.07, 6.45) is 1.66. The highest BCUT2D eigenvalue weighted by molar-refractivity contribution is 5.85. The second-order valence-corrected chi connectivity index (χ2v) is 2.72. The number of nitrogens with one attached hydrogen (secondary N) is 1. The van der Waals surface area contributed by atoms with E-state index in [1.807, 2.05) is 0 Å². The van der Waals surface area contributed by atoms with Crippen molar-refractivity contribution in [3.05, 3.63) is 0 Å². The third kappa shape index (κ3) is 3.43. The summed E-state index contributed by atoms with van der Waals surface area (Å²) in [5.74, 6) is 0. The molecule has 0 aromatic rings. The summed E-state index contributed by atoms with van der Waals surface area (Å²) in [5.41, 5.74) is 5.57. The normalized spacial score (nSPS) is 29.2. The molecule has 0 aromatic heterocycles. The Balaban J connectivity index is 0.000001000. The fourth-order valence-corrected chi connectivity index (χ4v) is 1.32. The topological polar surface area (TPSA) is 75.3 Å². The number of carboxylic acid groups (broad SMARTS) is 1. The number of nitrogens with two attached hydrogens (primary N) is 1. The van der Waals surface area contributed by atoms with E-state index in [-0.39, 0.29) is 24.5 Å². The predicted molar refractivity (Wildman–Crippen MR) is 44.0 cm³/mol. The zero-order valence-electron chi connectivity index (χ0n) is 6.12. The Bertz CT molecular complexity index is 143. The average Bonchev–Trinajstić information content (AvgIpc) is 2.13. The van der Waals surface area contributed by atoms with Gasteiger partial charge < -0.3 is 16.2 Å². The standard InChI is InChI=1S/C6H12N2O2.ClH/c7-4-1-2-5(3-4)8-6(9)10;/h4-5,8H,1-3,7H2,(H,9,10);1H. The van der Waals surface area contributed by atoms with E-state index in [1.54, 1.807) is 0 Å². The van der Waals surface area contributed by atoms with Crippen molar-refractivity contribution in [2.75, 3.05) is 0 Å². The van der Waals surface area contributed by atoms with Gasteiger partial charge in [0.05, 0.1) is 0 Å². The lowest BCUT2D eigenvalue weighted by atomic mass is 10.2. The lowest BCUT2D eigenvalue weighted by Gasteiger charge is -2.07. The highest BCUT2D eigenvalue weighted by atomic mass is 35.5. The zero-order valence-corrected chi connectivity index (χ0v) is 6.93. The third-order valence-corrected chi connectivity index (χ3v) is 1.80. The van der Waals surface area contributed by atoms with E-state index in [9.17, 15) is 4.79 Å². The second kappa shape index (κ2) is 4.41. The first-order valence-corrected chi connectivity index (χ1v) is 3.43. The highest BCUT2D eigenvalue weighted by Crippen LogP contribution is 2.16. The molecule has 1 fully saturated rings. The summed E-state index contributed by atoms with van der Waals surface area (Å²) in [5, 5.41) is 10.7. The van der Waals surface area contributed by atoms with Crippen LogP contribution in [0.1, 0.15) is 19.3 Å². The van der Waals surface area contributed by atoms with Gasteiger partial charge in [0, 0.05) is 12.1 Å². The molecule has 0 spiro atoms. The molecule has 0 radical (unpaired) electrons. The molecule has 0 aromatic carbocycles. The van der Waals surface area contributed by atoms with E-state index in [1.165, 1.54) is 0 Å². The van der Waals surface area contributed by atoms with Crippen molar-refractivity contribution in [1.29, 1.82) is 0 Å². The van der Waals surface area contributed by atoms with Crippen LogP contribution >= 0.6 is 12.4 Å². The van der Waals surface area contributed by atoms with E-state index >= 15 is 0 Å². The number of halogens is 1. The minimum Gasteiger partial charge on any atom is -0.465 e. The van der Waals surface area contributed by atoms with Gasteiger partial charge in [0.2, 0.25) is 0 Å². The molecule has 1 aliphatic carbocycles. The van der Waals surface area contributed by atoms with Crippen LogP contribution in [0.15, 0.2) is 0 Å². The van der Waals surface area contributed by atoms with E-state index in [2.05, 4.69) is 5.32 Å². The summed E-state index contributed by atoms with van der Waals surface area (Å²) in [7, 11) is 0. The second-order valence-electron chi connectivity index (χ2n) is 2.72. The van der Waals surface area contributed by atoms with Crippen molar-refractivity contribution in [2.45, 2.75) is 31.3 Å². The summed E-state index contributed by atoms with van der Waals surface area (Å²) in [6, 6.07) is 0.282. The van der Waals surface area contributed by atoms with Crippen molar-refractivity contribution in [2.24, 2.45) is 5.73 Å². The van der Waals surface area contributed by atoms with Crippen molar-refractivity contribution in [3.63, 3.8) is 0 Å². The molecule has 0 saturated heterocycles. The number of carbonyl (C=O) groups is 1. The molecule has 1 saturated carbocycles. The zero-order chi connectivity index (χ0) is 7.56. The van der Waals surface area contributed by atoms with Crippen LogP contribution in [0, 0.1) is 0 Å². The first kappa shape index (κ1) is 10.5. The first-order chi connectivity index (χ1) is 4.68. The van der Waals surface area contributed by atoms with Crippen LogP contribution in [0.5, 0.6) is 0 Å². The maximum absolute atomic E-state index is 10.1. The van der Waals surface area contributed by atoms with E-state index < -0.39 is 6.09 Å². The minimum atomic E-state index is -0.945. The van der Waals surface area contributed by atoms with Gasteiger partial charge in [0.15, 0.2) is 0 Å². The van der Waals surface area contributed by atoms with Crippen LogP contribution < -0.4 is 11.1 Å². The maximum Gasteiger partial charge on any atom is 0.404 e. The Morgan fingerprint density at radius 2 is 2.18 bits per heavy atom. The molecule has 4 nitrogen and oxygen atoms in total. The smallest absolute Gasteiger partial charge is 0.404 e. The van der Waals surface area contributed by atoms with Gasteiger partial charge in [0.1, 0.15) is 0 Å². The van der Waals surface area contributed by atoms with Gasteiger partial charge in [-0.25, -0.2) is 4.79 Å². The molecular formula is C6H13ClN2O2. The number of amides is 1. The quantitative estimate of drug-likeness (QED) is 0.552. The van der Waals surface area contributed by atoms with Crippen molar-refractivity contribution in [3.8, 4) is 0 Å². The molecule has 1 aliphatic rings. The fraction of sp³-hybridized carbons (Fsp3) is 0.833. The molecule has 5 heteroatoms. The van der Waals surface area contributed by atoms with Crippen LogP contribution in [0.25, 0.3) is 0 Å². The summed E-state index contributed by atoms with van der Waals surface area (Å²) in [4.78, 5) is 10.1. The van der Waals surface area contributed by atoms with Crippen molar-refractivity contribution >= 4 is 18.5 Å². The Kier molecular flexibility index (Phi) is 4.22. The molecule has 0 aliphatic heterocycles. The molecule has 66 valence electrons. The van der Waals surface area contributed by atoms with E-state index in [4.69, 9.17) is 10.8 Å². The van der Waals surface area contributed by atoms with Gasteiger partial charge in [-0.05, 0) is 19.3 Å². The third-order valence-electron chi connectivity index (χ3n) is 1.80. The number of rotatable bonds is 1. The van der Waals surface area contributed by atoms with Crippen molar-refractivity contribution < 1.29 is 9.90 Å². The van der Waals surface area contributed by atoms with Gasteiger partial charge in [-0.2, -0.15) is 0 Å². The predicted octanol–water partition coefficient (Wildman–Crippen LogP) is 0.556. The Morgan fingerprint density at radius 1 is 1.55 bits per heavy atom. The monoisotopic (exact) mass is 180 g/mol. The van der Waals surface area contributed by atoms with Gasteiger partial charge in [-0.3, -0.25) is 0 Å². The molecule has 0 heterocycles. The molecule has 4 N–H and O–H groups in total. The number of hydrogen-bond donors (Lipinski definition) is 3. The molecule has 2 atom stereocenters. The maximum atomic E-state index is 10.1. The summed E-state index contributed by atoms with van der Waals surface area (Å²) < 4.78 is 0. The minimum absolute atomic E-state index is 0. The van der Waals surface area contributed by atoms with E-state index in [0.29, 0.717) is 0 Å². The van der Waals surface area contributed by atoms with Crippen molar-refractivity contribution in [1.82, 2.24) is 5.32 Å². The van der Waals surface area contributed by atoms with Crippen LogP contribution in [-0.4, -0.2) is 23.3 Å². The van der Waals surface area contributed by atoms with Crippen LogP contribution in [0.2, 0.25) is 0 Å². The molecule has 0 bridgehead atoms. The molecule has 2 unspecified atom stereocenters. The van der Waals surface area contributed by atoms with Gasteiger partial charge in [-0.1, -0.05) is 0 Å². The van der Waals surface area contributed by atoms with Crippen LogP contribution in [-0.2, 0) is 0 Å². The molecule has 1 rings (SSSR count). The van der Waals surface area contributed by atoms with Crippen LogP contribution in [0.3, 0.4) is 0 Å². The SMILES string of the molecule is Cl.NC1CCC(NC(=O)O)C1. The Labute approximate surface area is 71.6 Å². The molecular weight excluding hydrogens is 168 g/mol. The molecule has 11 heavy (non-hydrogen) atoms. The Hall–Kier alpha value is -0.480. The lowest BCUT2D eigenvalue weighted by Crippen LogP contribution is -2.32. The number of hydrogen-bond acceptors (Lipinski definition) is 2. The first-order valence-electron chi connectivity index (χ1n) is 3.43. The van der Waals surface area contributed by atoms with Gasteiger partial charge >= 0.3 is 6.09 Å². The molecule has 1 amide bonds. The highest BCUT2D eigenvalue weighted by Gasteiger charge is 2.22. The van der Waals surface area contributed by atoms with Gasteiger partial charge in [0.25, 0.3) is 0 Å². The Morgan fingerprint density at radius 3 is 2.55 bits per heavy atom. The largest absolute Gasteiger partial charge is 0.465 e. The lowest BCUT2D eigenvalue weighted by molar-refractivity contribution is 0.190. The average molecular weight is 181 g/mol. The van der Waals surface area contributed by atoms with E-state index in [0.717, 1.165) is 19.3 Å². The summed E-state index contributed by atoms with van der Waals surface area (Å²) >= 11 is 0. The van der Waals surface area contributed by atoms with Crippen LogP contribution in [0.4, 0.5) is 4.79 Å². The fourth-order valence-electron chi connectivity index (χ4n) is 1.32. The van der Waals surface area contributed by atoms with Gasteiger partial charge in [-0.15, -0.1) is 12.4 Å².